The Kier molecular flexibility index (Phi) is 7.71. The van der Waals surface area contributed by atoms with Gasteiger partial charge < -0.3 is 19.2 Å². The topological polar surface area (TPSA) is 85.6 Å². The number of ether oxygens (including phenoxy) is 1. The van der Waals surface area contributed by atoms with Crippen LogP contribution in [0.2, 0.25) is 5.02 Å². The molecule has 1 atom stereocenters. The highest BCUT2D eigenvalue weighted by atomic mass is 35.5. The number of hydrogen-bond donors (Lipinski definition) is 1. The normalized spacial score (nSPS) is 13.2. The van der Waals surface area contributed by atoms with Crippen molar-refractivity contribution in [2.75, 3.05) is 19.0 Å². The second kappa shape index (κ2) is 11.7. The first-order valence-corrected chi connectivity index (χ1v) is 14.0. The molecule has 1 N–H and O–H groups in total. The summed E-state index contributed by atoms with van der Waals surface area (Å²) in [5, 5.41) is 3.07. The maximum Gasteiger partial charge on any atom is 0.274 e. The predicted octanol–water partition coefficient (Wildman–Crippen LogP) is 6.66. The second-order valence-electron chi connectivity index (χ2n) is 10.5. The van der Waals surface area contributed by atoms with Gasteiger partial charge in [0.15, 0.2) is 17.5 Å². The molecule has 0 spiro atoms. The molecule has 2 amide bonds. The highest BCUT2D eigenvalue weighted by molar-refractivity contribution is 6.30. The van der Waals surface area contributed by atoms with E-state index in [2.05, 4.69) is 5.32 Å². The number of amides is 2. The lowest BCUT2D eigenvalue weighted by molar-refractivity contribution is 0.0638. The number of nitrogens with one attached hydrogen (secondary N) is 1. The van der Waals surface area contributed by atoms with E-state index in [-0.39, 0.29) is 27.4 Å². The molecule has 3 aromatic carbocycles. The number of aryl methyl sites for hydroxylation is 1. The molecule has 0 saturated carbocycles. The van der Waals surface area contributed by atoms with Gasteiger partial charge in [0, 0.05) is 30.3 Å². The lowest BCUT2D eigenvalue weighted by atomic mass is 10.0. The van der Waals surface area contributed by atoms with Crippen molar-refractivity contribution in [3.05, 3.63) is 140 Å². The highest BCUT2D eigenvalue weighted by Crippen LogP contribution is 2.31. The van der Waals surface area contributed by atoms with Gasteiger partial charge in [-0.05, 0) is 66.6 Å². The van der Waals surface area contributed by atoms with Crippen LogP contribution in [-0.2, 0) is 0 Å². The molecular formula is C33H24ClF3N4O4. The Bertz CT molecular complexity index is 2000. The predicted molar refractivity (Wildman–Crippen MR) is 162 cm³/mol. The highest BCUT2D eigenvalue weighted by Gasteiger charge is 2.37. The van der Waals surface area contributed by atoms with Gasteiger partial charge in [-0.1, -0.05) is 23.7 Å². The number of hydrogen-bond acceptors (Lipinski definition) is 5. The average Bonchev–Trinajstić information content (AvgIpc) is 3.56. The van der Waals surface area contributed by atoms with Crippen LogP contribution >= 0.6 is 11.6 Å². The summed E-state index contributed by atoms with van der Waals surface area (Å²) in [6.07, 6.45) is 5.02. The number of rotatable bonds is 8. The van der Waals surface area contributed by atoms with Gasteiger partial charge in [0.05, 0.1) is 41.5 Å². The Morgan fingerprint density at radius 3 is 2.16 bits per heavy atom. The zero-order valence-electron chi connectivity index (χ0n) is 23.9. The molecule has 1 aliphatic rings. The molecule has 0 radical (unpaired) electrons. The Balaban J connectivity index is 1.42. The van der Waals surface area contributed by atoms with Crippen molar-refractivity contribution in [2.24, 2.45) is 0 Å². The van der Waals surface area contributed by atoms with Crippen LogP contribution in [0.15, 0.2) is 90.1 Å². The van der Waals surface area contributed by atoms with Crippen LogP contribution in [0.3, 0.4) is 0 Å². The van der Waals surface area contributed by atoms with Gasteiger partial charge in [-0.3, -0.25) is 19.3 Å². The molecule has 0 bridgehead atoms. The maximum atomic E-state index is 14.5. The van der Waals surface area contributed by atoms with Crippen molar-refractivity contribution >= 4 is 34.8 Å². The number of carbonyl (C=O) groups excluding carboxylic acids is 2. The van der Waals surface area contributed by atoms with Gasteiger partial charge in [0.25, 0.3) is 17.4 Å². The van der Waals surface area contributed by atoms with E-state index < -0.39 is 47.4 Å². The number of carbonyl (C=O) groups is 2. The zero-order valence-corrected chi connectivity index (χ0v) is 24.6. The summed E-state index contributed by atoms with van der Waals surface area (Å²) in [5.74, 6) is -5.51. The van der Waals surface area contributed by atoms with Crippen molar-refractivity contribution in [1.82, 2.24) is 14.0 Å². The molecule has 5 aromatic rings. The smallest absolute Gasteiger partial charge is 0.274 e. The minimum Gasteiger partial charge on any atom is -0.494 e. The molecular weight excluding hydrogens is 609 g/mol. The third kappa shape index (κ3) is 5.46. The lowest BCUT2D eigenvalue weighted by Gasteiger charge is -2.26. The Hall–Kier alpha value is -5.29. The number of aromatic nitrogens is 2. The van der Waals surface area contributed by atoms with Gasteiger partial charge in [0.1, 0.15) is 11.4 Å². The van der Waals surface area contributed by atoms with E-state index in [1.807, 2.05) is 30.0 Å². The maximum absolute atomic E-state index is 14.5. The number of pyridine rings is 1. The number of fused-ring (bicyclic) bond motifs is 1. The summed E-state index contributed by atoms with van der Waals surface area (Å²) in [4.78, 5) is 41.2. The van der Waals surface area contributed by atoms with Crippen molar-refractivity contribution in [3.63, 3.8) is 0 Å². The molecule has 1 unspecified atom stereocenters. The van der Waals surface area contributed by atoms with Crippen molar-refractivity contribution in [3.8, 4) is 11.4 Å². The molecule has 8 nitrogen and oxygen atoms in total. The molecule has 0 fully saturated rings. The molecule has 12 heteroatoms. The van der Waals surface area contributed by atoms with Crippen LogP contribution in [-0.4, -0.2) is 39.5 Å². The quantitative estimate of drug-likeness (QED) is 0.153. The molecule has 3 heterocycles. The van der Waals surface area contributed by atoms with E-state index in [1.54, 1.807) is 30.3 Å². The third-order valence-corrected chi connectivity index (χ3v) is 7.75. The second-order valence-corrected chi connectivity index (χ2v) is 10.9. The van der Waals surface area contributed by atoms with E-state index in [1.165, 1.54) is 31.5 Å². The lowest BCUT2D eigenvalue weighted by Crippen LogP contribution is -2.39. The van der Waals surface area contributed by atoms with Crippen molar-refractivity contribution < 1.29 is 27.5 Å². The van der Waals surface area contributed by atoms with Gasteiger partial charge in [0.2, 0.25) is 0 Å². The average molecular weight is 633 g/mol. The van der Waals surface area contributed by atoms with E-state index in [0.29, 0.717) is 23.6 Å². The van der Waals surface area contributed by atoms with E-state index in [0.717, 1.165) is 20.7 Å². The van der Waals surface area contributed by atoms with Crippen LogP contribution in [0.4, 0.5) is 24.5 Å². The number of imide groups is 1. The van der Waals surface area contributed by atoms with Crippen molar-refractivity contribution in [2.45, 2.75) is 13.0 Å². The zero-order chi connectivity index (χ0) is 32.0. The minimum atomic E-state index is -1.70. The van der Waals surface area contributed by atoms with Crippen molar-refractivity contribution in [1.29, 1.82) is 0 Å². The monoisotopic (exact) mass is 632 g/mol. The van der Waals surface area contributed by atoms with Gasteiger partial charge >= 0.3 is 0 Å². The number of anilines is 2. The molecule has 0 saturated heterocycles. The SMILES string of the molecule is COc1cc(Nc2cc(Cl)cn(C(CN3C(=O)c4ccccc4C3=O)c3cc(F)c(F)c(F)c3)c2=O)ccc1-n1ccc(C)c1. The van der Waals surface area contributed by atoms with E-state index in [4.69, 9.17) is 16.3 Å². The molecule has 1 aliphatic heterocycles. The van der Waals surface area contributed by atoms with Gasteiger partial charge in [-0.2, -0.15) is 0 Å². The summed E-state index contributed by atoms with van der Waals surface area (Å²) in [6, 6.07) is 14.7. The Morgan fingerprint density at radius 2 is 1.56 bits per heavy atom. The first-order valence-electron chi connectivity index (χ1n) is 13.7. The van der Waals surface area contributed by atoms with E-state index >= 15 is 0 Å². The van der Waals surface area contributed by atoms with Crippen LogP contribution in [0.25, 0.3) is 5.69 Å². The molecule has 0 aliphatic carbocycles. The van der Waals surface area contributed by atoms with Gasteiger partial charge in [-0.15, -0.1) is 0 Å². The standard InChI is InChI=1S/C33H24ClF3N4O4/c1-18-9-10-39(15-18)27-8-7-21(14-29(27)45-2)38-26-13-20(34)16-40(33(26)44)28(19-11-24(35)30(37)25(36)12-19)17-41-31(42)22-5-3-4-6-23(22)32(41)43/h3-16,28,38H,17H2,1-2H3. The molecule has 2 aromatic heterocycles. The summed E-state index contributed by atoms with van der Waals surface area (Å²) < 4.78 is 51.4. The van der Waals surface area contributed by atoms with Gasteiger partial charge in [-0.25, -0.2) is 13.2 Å². The van der Waals surface area contributed by atoms with E-state index in [9.17, 15) is 27.6 Å². The van der Waals surface area contributed by atoms with Crippen LogP contribution in [0.5, 0.6) is 5.75 Å². The summed E-state index contributed by atoms with van der Waals surface area (Å²) >= 11 is 6.44. The number of benzene rings is 3. The van der Waals surface area contributed by atoms with Crippen LogP contribution in [0, 0.1) is 24.4 Å². The fraction of sp³-hybridized carbons (Fsp3) is 0.121. The Labute approximate surface area is 259 Å². The number of methoxy groups -OCH3 is 1. The fourth-order valence-electron chi connectivity index (χ4n) is 5.37. The summed E-state index contributed by atoms with van der Waals surface area (Å²) in [5.41, 5.74) is 1.63. The number of halogens is 4. The molecule has 45 heavy (non-hydrogen) atoms. The van der Waals surface area contributed by atoms with Crippen LogP contribution < -0.4 is 15.6 Å². The molecule has 6 rings (SSSR count). The summed E-state index contributed by atoms with van der Waals surface area (Å²) in [6.45, 7) is 1.45. The molecule has 228 valence electrons. The number of nitrogens with zero attached hydrogens (tertiary/aromatic N) is 3. The first kappa shape index (κ1) is 29.8. The summed E-state index contributed by atoms with van der Waals surface area (Å²) in [7, 11) is 1.51. The largest absolute Gasteiger partial charge is 0.494 e. The minimum absolute atomic E-state index is 0.0236. The van der Waals surface area contributed by atoms with Crippen LogP contribution in [0.1, 0.15) is 37.9 Å². The third-order valence-electron chi connectivity index (χ3n) is 7.55. The fourth-order valence-corrected chi connectivity index (χ4v) is 5.58. The Morgan fingerprint density at radius 1 is 0.889 bits per heavy atom. The first-order chi connectivity index (χ1) is 21.5.